The molecule has 0 bridgehead atoms. The molecule has 0 fully saturated rings. The van der Waals surface area contributed by atoms with Crippen molar-refractivity contribution in [1.29, 1.82) is 0 Å². The first-order valence-corrected chi connectivity index (χ1v) is 6.99. The highest BCUT2D eigenvalue weighted by Crippen LogP contribution is 2.21. The fourth-order valence-corrected chi connectivity index (χ4v) is 2.35. The van der Waals surface area contributed by atoms with Crippen LogP contribution in [0.1, 0.15) is 38.7 Å². The van der Waals surface area contributed by atoms with Crippen LogP contribution in [-0.2, 0) is 9.84 Å². The highest BCUT2D eigenvalue weighted by Gasteiger charge is 2.12. The van der Waals surface area contributed by atoms with E-state index in [1.807, 2.05) is 12.1 Å². The molecule has 0 radical (unpaired) electrons. The van der Waals surface area contributed by atoms with E-state index in [0.717, 1.165) is 12.0 Å². The van der Waals surface area contributed by atoms with E-state index in [2.05, 4.69) is 13.8 Å². The Morgan fingerprint density at radius 3 is 2.47 bits per heavy atom. The van der Waals surface area contributed by atoms with Gasteiger partial charge in [0.25, 0.3) is 0 Å². The zero-order chi connectivity index (χ0) is 11.5. The minimum Gasteiger partial charge on any atom is -0.224 e. The molecule has 0 saturated heterocycles. The van der Waals surface area contributed by atoms with Gasteiger partial charge in [0.05, 0.1) is 10.6 Å². The molecular weight excluding hydrogens is 208 g/mol. The van der Waals surface area contributed by atoms with Crippen LogP contribution in [0.2, 0.25) is 0 Å². The van der Waals surface area contributed by atoms with Gasteiger partial charge < -0.3 is 0 Å². The number of benzene rings is 1. The Kier molecular flexibility index (Phi) is 3.91. The van der Waals surface area contributed by atoms with Gasteiger partial charge in [-0.1, -0.05) is 32.9 Å². The standard InChI is InChI=1S/C12H18O2S/c1-4-10(3)11-7-6-8-12(9-11)15(13,14)5-2/h6-10H,4-5H2,1-3H3. The van der Waals surface area contributed by atoms with Crippen molar-refractivity contribution < 1.29 is 8.42 Å². The fraction of sp³-hybridized carbons (Fsp3) is 0.500. The molecule has 0 saturated carbocycles. The van der Waals surface area contributed by atoms with Crippen molar-refractivity contribution in [3.63, 3.8) is 0 Å². The fourth-order valence-electron chi connectivity index (χ4n) is 1.42. The van der Waals surface area contributed by atoms with E-state index in [1.165, 1.54) is 0 Å². The van der Waals surface area contributed by atoms with Gasteiger partial charge in [-0.2, -0.15) is 0 Å². The quantitative estimate of drug-likeness (QED) is 0.791. The van der Waals surface area contributed by atoms with Gasteiger partial charge in [-0.3, -0.25) is 0 Å². The van der Waals surface area contributed by atoms with Crippen LogP contribution in [0.3, 0.4) is 0 Å². The summed E-state index contributed by atoms with van der Waals surface area (Å²) in [6.45, 7) is 5.88. The molecule has 1 aromatic carbocycles. The van der Waals surface area contributed by atoms with Crippen molar-refractivity contribution in [2.75, 3.05) is 5.75 Å². The zero-order valence-corrected chi connectivity index (χ0v) is 10.3. The topological polar surface area (TPSA) is 34.1 Å². The van der Waals surface area contributed by atoms with Gasteiger partial charge in [-0.05, 0) is 30.0 Å². The Bertz CT molecular complexity index is 421. The number of rotatable bonds is 4. The van der Waals surface area contributed by atoms with Crippen LogP contribution >= 0.6 is 0 Å². The minimum atomic E-state index is -3.06. The Morgan fingerprint density at radius 2 is 1.93 bits per heavy atom. The molecule has 1 atom stereocenters. The van der Waals surface area contributed by atoms with Crippen molar-refractivity contribution in [1.82, 2.24) is 0 Å². The van der Waals surface area contributed by atoms with Crippen molar-refractivity contribution in [2.24, 2.45) is 0 Å². The molecule has 0 N–H and O–H groups in total. The lowest BCUT2D eigenvalue weighted by molar-refractivity contribution is 0.597. The van der Waals surface area contributed by atoms with Crippen molar-refractivity contribution >= 4 is 9.84 Å². The molecular formula is C12H18O2S. The largest absolute Gasteiger partial charge is 0.224 e. The zero-order valence-electron chi connectivity index (χ0n) is 9.53. The van der Waals surface area contributed by atoms with Crippen LogP contribution in [0.5, 0.6) is 0 Å². The van der Waals surface area contributed by atoms with E-state index in [1.54, 1.807) is 19.1 Å². The molecule has 1 rings (SSSR count). The van der Waals surface area contributed by atoms with E-state index in [9.17, 15) is 8.42 Å². The van der Waals surface area contributed by atoms with Crippen molar-refractivity contribution in [3.05, 3.63) is 29.8 Å². The Labute approximate surface area is 92.2 Å². The Balaban J connectivity index is 3.14. The SMILES string of the molecule is CCC(C)c1cccc(S(=O)(=O)CC)c1. The summed E-state index contributed by atoms with van der Waals surface area (Å²) in [6, 6.07) is 7.28. The number of hydrogen-bond acceptors (Lipinski definition) is 2. The van der Waals surface area contributed by atoms with Gasteiger partial charge in [0.15, 0.2) is 9.84 Å². The smallest absolute Gasteiger partial charge is 0.178 e. The predicted molar refractivity (Wildman–Crippen MR) is 62.9 cm³/mol. The molecule has 0 aliphatic carbocycles. The molecule has 1 unspecified atom stereocenters. The van der Waals surface area contributed by atoms with Gasteiger partial charge >= 0.3 is 0 Å². The summed E-state index contributed by atoms with van der Waals surface area (Å²) in [7, 11) is -3.06. The Hall–Kier alpha value is -0.830. The highest BCUT2D eigenvalue weighted by atomic mass is 32.2. The molecule has 1 aromatic rings. The molecule has 0 aromatic heterocycles. The average molecular weight is 226 g/mol. The van der Waals surface area contributed by atoms with E-state index >= 15 is 0 Å². The summed E-state index contributed by atoms with van der Waals surface area (Å²) >= 11 is 0. The van der Waals surface area contributed by atoms with E-state index < -0.39 is 9.84 Å². The van der Waals surface area contributed by atoms with Crippen LogP contribution in [-0.4, -0.2) is 14.2 Å². The molecule has 0 spiro atoms. The molecule has 0 aliphatic rings. The van der Waals surface area contributed by atoms with E-state index in [0.29, 0.717) is 10.8 Å². The van der Waals surface area contributed by atoms with Crippen LogP contribution < -0.4 is 0 Å². The molecule has 0 amide bonds. The second-order valence-electron chi connectivity index (χ2n) is 3.79. The van der Waals surface area contributed by atoms with Crippen LogP contribution in [0, 0.1) is 0 Å². The number of hydrogen-bond donors (Lipinski definition) is 0. The maximum Gasteiger partial charge on any atom is 0.178 e. The third-order valence-corrected chi connectivity index (χ3v) is 4.51. The monoisotopic (exact) mass is 226 g/mol. The summed E-state index contributed by atoms with van der Waals surface area (Å²) < 4.78 is 23.3. The third kappa shape index (κ3) is 2.81. The number of sulfone groups is 1. The second kappa shape index (κ2) is 4.79. The Morgan fingerprint density at radius 1 is 1.27 bits per heavy atom. The van der Waals surface area contributed by atoms with Crippen LogP contribution in [0.15, 0.2) is 29.2 Å². The van der Waals surface area contributed by atoms with Crippen LogP contribution in [0.25, 0.3) is 0 Å². The van der Waals surface area contributed by atoms with Crippen molar-refractivity contribution in [2.45, 2.75) is 38.0 Å². The maximum absolute atomic E-state index is 11.7. The normalized spacial score (nSPS) is 13.8. The predicted octanol–water partition coefficient (Wildman–Crippen LogP) is 2.99. The summed E-state index contributed by atoms with van der Waals surface area (Å²) in [5.41, 5.74) is 1.10. The lowest BCUT2D eigenvalue weighted by Crippen LogP contribution is -2.04. The first-order chi connectivity index (χ1) is 7.01. The first kappa shape index (κ1) is 12.2. The summed E-state index contributed by atoms with van der Waals surface area (Å²) in [5.74, 6) is 0.578. The second-order valence-corrected chi connectivity index (χ2v) is 6.06. The molecule has 0 heterocycles. The lowest BCUT2D eigenvalue weighted by Gasteiger charge is -2.10. The average Bonchev–Trinajstić information content (AvgIpc) is 2.28. The van der Waals surface area contributed by atoms with E-state index in [-0.39, 0.29) is 5.75 Å². The molecule has 3 heteroatoms. The summed E-state index contributed by atoms with van der Waals surface area (Å²) in [4.78, 5) is 0.447. The van der Waals surface area contributed by atoms with Gasteiger partial charge in [0, 0.05) is 0 Å². The van der Waals surface area contributed by atoms with E-state index in [4.69, 9.17) is 0 Å². The van der Waals surface area contributed by atoms with Gasteiger partial charge in [0.2, 0.25) is 0 Å². The van der Waals surface area contributed by atoms with Crippen LogP contribution in [0.4, 0.5) is 0 Å². The third-order valence-electron chi connectivity index (χ3n) is 2.78. The molecule has 15 heavy (non-hydrogen) atoms. The maximum atomic E-state index is 11.7. The first-order valence-electron chi connectivity index (χ1n) is 5.34. The lowest BCUT2D eigenvalue weighted by atomic mass is 9.99. The summed E-state index contributed by atoms with van der Waals surface area (Å²) in [6.07, 6.45) is 1.02. The minimum absolute atomic E-state index is 0.164. The highest BCUT2D eigenvalue weighted by molar-refractivity contribution is 7.91. The molecule has 84 valence electrons. The van der Waals surface area contributed by atoms with Gasteiger partial charge in [0.1, 0.15) is 0 Å². The molecule has 0 aliphatic heterocycles. The van der Waals surface area contributed by atoms with Gasteiger partial charge in [-0.15, -0.1) is 0 Å². The van der Waals surface area contributed by atoms with Gasteiger partial charge in [-0.25, -0.2) is 8.42 Å². The summed E-state index contributed by atoms with van der Waals surface area (Å²) in [5, 5.41) is 0. The molecule has 2 nitrogen and oxygen atoms in total. The van der Waals surface area contributed by atoms with Crippen molar-refractivity contribution in [3.8, 4) is 0 Å².